The maximum Gasteiger partial charge on any atom is 0.306 e. The number of esters is 2. The summed E-state index contributed by atoms with van der Waals surface area (Å²) < 4.78 is 10.7. The minimum Gasteiger partial charge on any atom is -0.462 e. The van der Waals surface area contributed by atoms with Crippen LogP contribution in [0.1, 0.15) is 258 Å². The van der Waals surface area contributed by atoms with Gasteiger partial charge in [-0.1, -0.05) is 287 Å². The molecule has 5 heteroatoms. The number of hydrogen-bond acceptors (Lipinski definition) is 5. The minimum absolute atomic E-state index is 0.0858. The number of ether oxygens (including phenoxy) is 2. The average molecular weight is 1070 g/mol. The van der Waals surface area contributed by atoms with Gasteiger partial charge in [-0.3, -0.25) is 9.59 Å². The first-order valence-electron chi connectivity index (χ1n) is 31.7. The summed E-state index contributed by atoms with van der Waals surface area (Å²) >= 11 is 0. The molecule has 0 aromatic rings. The van der Waals surface area contributed by atoms with Crippen LogP contribution < -0.4 is 0 Å². The van der Waals surface area contributed by atoms with Crippen molar-refractivity contribution in [1.82, 2.24) is 0 Å². The predicted molar refractivity (Wildman–Crippen MR) is 343 cm³/mol. The summed E-state index contributed by atoms with van der Waals surface area (Å²) in [5, 5.41) is 9.68. The number of unbranched alkanes of at least 4 members (excludes halogenated alkanes) is 20. The molecule has 0 spiro atoms. The fourth-order valence-corrected chi connectivity index (χ4v) is 8.34. The van der Waals surface area contributed by atoms with Crippen LogP contribution in [0.3, 0.4) is 0 Å². The molecule has 0 aliphatic carbocycles. The third kappa shape index (κ3) is 63.8. The first-order valence-corrected chi connectivity index (χ1v) is 31.7. The molecule has 438 valence electrons. The van der Waals surface area contributed by atoms with E-state index in [0.717, 1.165) is 141 Å². The minimum atomic E-state index is -0.799. The van der Waals surface area contributed by atoms with Gasteiger partial charge in [0.1, 0.15) is 6.61 Å². The Balaban J connectivity index is 3.61. The summed E-state index contributed by atoms with van der Waals surface area (Å²) in [5.41, 5.74) is 0. The summed E-state index contributed by atoms with van der Waals surface area (Å²) in [7, 11) is 0. The molecular weight excluding hydrogens is 957 g/mol. The molecule has 0 saturated carbocycles. The molecule has 0 fully saturated rings. The molecular formula is C73H116O5. The number of carbonyl (C=O) groups is 2. The number of aliphatic hydroxyl groups is 1. The molecule has 0 amide bonds. The Morgan fingerprint density at radius 2 is 0.513 bits per heavy atom. The van der Waals surface area contributed by atoms with Crippen molar-refractivity contribution in [1.29, 1.82) is 0 Å². The van der Waals surface area contributed by atoms with Crippen LogP contribution in [0.2, 0.25) is 0 Å². The molecule has 78 heavy (non-hydrogen) atoms. The van der Waals surface area contributed by atoms with Crippen LogP contribution >= 0.6 is 0 Å². The lowest BCUT2D eigenvalue weighted by Crippen LogP contribution is -2.28. The maximum atomic E-state index is 12.3. The summed E-state index contributed by atoms with van der Waals surface area (Å²) in [6.07, 6.45) is 103. The Morgan fingerprint density at radius 1 is 0.295 bits per heavy atom. The lowest BCUT2D eigenvalue weighted by Gasteiger charge is -2.15. The fourth-order valence-electron chi connectivity index (χ4n) is 8.34. The third-order valence-electron chi connectivity index (χ3n) is 13.0. The van der Waals surface area contributed by atoms with Crippen molar-refractivity contribution in [2.75, 3.05) is 13.2 Å². The topological polar surface area (TPSA) is 72.8 Å². The quantitative estimate of drug-likeness (QED) is 0.0373. The van der Waals surface area contributed by atoms with E-state index in [2.05, 4.69) is 184 Å². The third-order valence-corrected chi connectivity index (χ3v) is 13.0. The predicted octanol–water partition coefficient (Wildman–Crippen LogP) is 22.1. The highest BCUT2D eigenvalue weighted by atomic mass is 16.6. The Morgan fingerprint density at radius 3 is 0.769 bits per heavy atom. The van der Waals surface area contributed by atoms with Gasteiger partial charge in [-0.05, 0) is 128 Å². The van der Waals surface area contributed by atoms with Crippen LogP contribution in [0.15, 0.2) is 170 Å². The highest BCUT2D eigenvalue weighted by molar-refractivity contribution is 5.70. The Bertz CT molecular complexity index is 1740. The van der Waals surface area contributed by atoms with Crippen LogP contribution in [0, 0.1) is 0 Å². The van der Waals surface area contributed by atoms with Gasteiger partial charge in [0.2, 0.25) is 0 Å². The zero-order valence-corrected chi connectivity index (χ0v) is 50.1. The molecule has 0 aromatic carbocycles. The Kier molecular flexibility index (Phi) is 62.5. The fraction of sp³-hybridized carbons (Fsp3) is 0.589. The lowest BCUT2D eigenvalue weighted by molar-refractivity contribution is -0.161. The highest BCUT2D eigenvalue weighted by Crippen LogP contribution is 2.15. The van der Waals surface area contributed by atoms with Gasteiger partial charge in [0.25, 0.3) is 0 Å². The van der Waals surface area contributed by atoms with Crippen molar-refractivity contribution in [3.05, 3.63) is 170 Å². The molecule has 0 saturated heterocycles. The molecule has 0 heterocycles. The number of rotatable bonds is 56. The van der Waals surface area contributed by atoms with Crippen molar-refractivity contribution in [3.8, 4) is 0 Å². The van der Waals surface area contributed by atoms with Gasteiger partial charge in [-0.15, -0.1) is 0 Å². The van der Waals surface area contributed by atoms with Crippen molar-refractivity contribution >= 4 is 11.9 Å². The standard InChI is InChI=1S/C73H116O5/c1-3-5-7-9-11-13-15-17-19-21-23-25-27-29-31-33-34-35-36-37-38-40-42-44-46-48-50-52-54-56-58-60-62-64-66-68-73(76)78-71(69-74)70-77-72(75)67-65-63-61-59-57-55-53-51-49-47-45-43-41-39-32-30-28-26-24-22-20-18-16-14-12-10-8-6-4-2/h5-8,11-14,17-20,23-26,29,31,34-35,37-38,42,44,48,50,54,56,71,74H,3-4,9-10,15-16,21-22,27-28,30,32-33,36,39-41,43,45-47,49,51-53,55,57-70H2,1-2H3/b7-5-,8-6-,13-11-,14-12-,19-17-,20-18-,25-23-,26-24-,31-29-,35-34-,38-37-,44-42-,50-48-,56-54-. The van der Waals surface area contributed by atoms with E-state index in [4.69, 9.17) is 9.47 Å². The van der Waals surface area contributed by atoms with E-state index in [1.165, 1.54) is 89.9 Å². The van der Waals surface area contributed by atoms with Gasteiger partial charge in [0, 0.05) is 12.8 Å². The van der Waals surface area contributed by atoms with Crippen molar-refractivity contribution in [2.24, 2.45) is 0 Å². The molecule has 0 aliphatic heterocycles. The molecule has 1 unspecified atom stereocenters. The average Bonchev–Trinajstić information content (AvgIpc) is 3.44. The molecule has 1 atom stereocenters. The van der Waals surface area contributed by atoms with E-state index in [1.54, 1.807) is 0 Å². The monoisotopic (exact) mass is 1070 g/mol. The molecule has 0 radical (unpaired) electrons. The Labute approximate surface area is 481 Å². The van der Waals surface area contributed by atoms with E-state index in [1.807, 2.05) is 0 Å². The normalized spacial score (nSPS) is 13.4. The summed E-state index contributed by atoms with van der Waals surface area (Å²) in [5.74, 6) is -0.627. The van der Waals surface area contributed by atoms with Crippen LogP contribution in [-0.4, -0.2) is 36.4 Å². The van der Waals surface area contributed by atoms with E-state index in [0.29, 0.717) is 12.8 Å². The largest absolute Gasteiger partial charge is 0.462 e. The number of carbonyl (C=O) groups excluding carboxylic acids is 2. The molecule has 1 N–H and O–H groups in total. The highest BCUT2D eigenvalue weighted by Gasteiger charge is 2.16. The van der Waals surface area contributed by atoms with Crippen LogP contribution in [-0.2, 0) is 19.1 Å². The Hall–Kier alpha value is -4.74. The molecule has 5 nitrogen and oxygen atoms in total. The first kappa shape index (κ1) is 73.3. The smallest absolute Gasteiger partial charge is 0.306 e. The summed E-state index contributed by atoms with van der Waals surface area (Å²) in [6, 6.07) is 0. The van der Waals surface area contributed by atoms with Gasteiger partial charge in [-0.25, -0.2) is 0 Å². The number of allylic oxidation sites excluding steroid dienone is 28. The molecule has 0 bridgehead atoms. The van der Waals surface area contributed by atoms with E-state index in [9.17, 15) is 14.7 Å². The van der Waals surface area contributed by atoms with Crippen molar-refractivity contribution < 1.29 is 24.2 Å². The van der Waals surface area contributed by atoms with Crippen LogP contribution in [0.5, 0.6) is 0 Å². The van der Waals surface area contributed by atoms with E-state index >= 15 is 0 Å². The van der Waals surface area contributed by atoms with Gasteiger partial charge in [0.05, 0.1) is 6.61 Å². The van der Waals surface area contributed by atoms with Crippen molar-refractivity contribution in [2.45, 2.75) is 264 Å². The van der Waals surface area contributed by atoms with Crippen LogP contribution in [0.25, 0.3) is 0 Å². The summed E-state index contributed by atoms with van der Waals surface area (Å²) in [4.78, 5) is 24.6. The SMILES string of the molecule is CC/C=C\C/C=C\C/C=C\C/C=C\C/C=C\C/C=C\C/C=C\C/C=C\C/C=C\C/C=C\CCCCCCC(=O)OC(CO)COC(=O)CCCCCCCCCCCCCCCCCC/C=C\C/C=C\C/C=C\C/C=C\CC. The van der Waals surface area contributed by atoms with Gasteiger partial charge in [0.15, 0.2) is 6.10 Å². The van der Waals surface area contributed by atoms with E-state index in [-0.39, 0.29) is 25.2 Å². The van der Waals surface area contributed by atoms with Gasteiger partial charge in [-0.2, -0.15) is 0 Å². The molecule has 0 rings (SSSR count). The molecule has 0 aromatic heterocycles. The second-order valence-corrected chi connectivity index (χ2v) is 20.4. The van der Waals surface area contributed by atoms with Gasteiger partial charge < -0.3 is 14.6 Å². The van der Waals surface area contributed by atoms with E-state index < -0.39 is 6.10 Å². The lowest BCUT2D eigenvalue weighted by atomic mass is 10.0. The molecule has 0 aliphatic rings. The second kappa shape index (κ2) is 66.5. The van der Waals surface area contributed by atoms with Crippen LogP contribution in [0.4, 0.5) is 0 Å². The van der Waals surface area contributed by atoms with Crippen molar-refractivity contribution in [3.63, 3.8) is 0 Å². The van der Waals surface area contributed by atoms with Gasteiger partial charge >= 0.3 is 11.9 Å². The first-order chi connectivity index (χ1) is 38.6. The number of aliphatic hydroxyl groups excluding tert-OH is 1. The zero-order chi connectivity index (χ0) is 56.2. The maximum absolute atomic E-state index is 12.3. The number of hydrogen-bond donors (Lipinski definition) is 1. The summed E-state index contributed by atoms with van der Waals surface area (Å²) in [6.45, 7) is 3.90. The second-order valence-electron chi connectivity index (χ2n) is 20.4. The zero-order valence-electron chi connectivity index (χ0n) is 50.1.